The predicted octanol–water partition coefficient (Wildman–Crippen LogP) is 1.52. The third-order valence-corrected chi connectivity index (χ3v) is 5.70. The zero-order valence-corrected chi connectivity index (χ0v) is 17.7. The van der Waals surface area contributed by atoms with E-state index in [2.05, 4.69) is 39.8 Å². The highest BCUT2D eigenvalue weighted by atomic mass is 16.1. The number of hydrogen-bond donors (Lipinski definition) is 1. The number of hydrogen-bond acceptors (Lipinski definition) is 8. The van der Waals surface area contributed by atoms with Crippen molar-refractivity contribution in [2.45, 2.75) is 20.8 Å². The zero-order chi connectivity index (χ0) is 21.5. The van der Waals surface area contributed by atoms with E-state index >= 15 is 0 Å². The second kappa shape index (κ2) is 7.46. The summed E-state index contributed by atoms with van der Waals surface area (Å²) in [4.78, 5) is 37.2. The molecule has 0 radical (unpaired) electrons. The van der Waals surface area contributed by atoms with E-state index in [-0.39, 0.29) is 5.56 Å². The summed E-state index contributed by atoms with van der Waals surface area (Å²) in [6.07, 6.45) is 3.30. The molecule has 0 aliphatic carbocycles. The van der Waals surface area contributed by atoms with Gasteiger partial charge < -0.3 is 14.8 Å². The summed E-state index contributed by atoms with van der Waals surface area (Å²) in [6, 6.07) is 5.97. The molecule has 5 rings (SSSR count). The van der Waals surface area contributed by atoms with E-state index in [9.17, 15) is 4.79 Å². The summed E-state index contributed by atoms with van der Waals surface area (Å²) in [5.74, 6) is 3.08. The number of aromatic nitrogens is 7. The third kappa shape index (κ3) is 3.49. The van der Waals surface area contributed by atoms with Gasteiger partial charge in [0.25, 0.3) is 11.3 Å². The molecule has 0 bridgehead atoms. The summed E-state index contributed by atoms with van der Waals surface area (Å²) >= 11 is 0. The third-order valence-electron chi connectivity index (χ3n) is 5.70. The Kier molecular flexibility index (Phi) is 4.61. The number of aromatic amines is 1. The monoisotopic (exact) mass is 417 g/mol. The van der Waals surface area contributed by atoms with Gasteiger partial charge in [0, 0.05) is 61.0 Å². The minimum atomic E-state index is -0.115. The number of pyridine rings is 1. The molecule has 0 unspecified atom stereocenters. The molecule has 0 aromatic carbocycles. The highest BCUT2D eigenvalue weighted by Gasteiger charge is 2.21. The lowest BCUT2D eigenvalue weighted by Crippen LogP contribution is -2.47. The molecule has 4 aromatic rings. The normalized spacial score (nSPS) is 14.4. The van der Waals surface area contributed by atoms with Crippen molar-refractivity contribution >= 4 is 17.4 Å². The van der Waals surface area contributed by atoms with Crippen LogP contribution in [0.2, 0.25) is 0 Å². The number of rotatable bonds is 3. The first-order valence-electron chi connectivity index (χ1n) is 10.2. The summed E-state index contributed by atoms with van der Waals surface area (Å²) in [5, 5.41) is 4.31. The van der Waals surface area contributed by atoms with E-state index in [1.165, 1.54) is 6.33 Å². The molecule has 10 nitrogen and oxygen atoms in total. The van der Waals surface area contributed by atoms with Gasteiger partial charge in [0.1, 0.15) is 23.8 Å². The van der Waals surface area contributed by atoms with Gasteiger partial charge in [-0.25, -0.2) is 15.0 Å². The maximum absolute atomic E-state index is 12.0. The fraction of sp³-hybridized carbons (Fsp3) is 0.333. The summed E-state index contributed by atoms with van der Waals surface area (Å²) < 4.78 is 1.78. The number of anilines is 2. The number of nitrogens with zero attached hydrogens (tertiary/aromatic N) is 8. The molecule has 158 valence electrons. The van der Waals surface area contributed by atoms with Gasteiger partial charge in [-0.1, -0.05) is 0 Å². The molecule has 5 heterocycles. The lowest BCUT2D eigenvalue weighted by atomic mass is 10.2. The molecule has 31 heavy (non-hydrogen) atoms. The Morgan fingerprint density at radius 1 is 0.968 bits per heavy atom. The summed E-state index contributed by atoms with van der Waals surface area (Å²) in [7, 11) is 0. The molecule has 0 amide bonds. The maximum Gasteiger partial charge on any atom is 0.254 e. The summed E-state index contributed by atoms with van der Waals surface area (Å²) in [5.41, 5.74) is 2.97. The fourth-order valence-corrected chi connectivity index (χ4v) is 3.80. The van der Waals surface area contributed by atoms with Gasteiger partial charge in [0.15, 0.2) is 0 Å². The zero-order valence-electron chi connectivity index (χ0n) is 17.7. The van der Waals surface area contributed by atoms with E-state index in [4.69, 9.17) is 0 Å². The summed E-state index contributed by atoms with van der Waals surface area (Å²) in [6.45, 7) is 8.93. The van der Waals surface area contributed by atoms with Crippen LogP contribution in [0.15, 0.2) is 35.5 Å². The molecule has 0 atom stereocenters. The van der Waals surface area contributed by atoms with E-state index in [0.717, 1.165) is 54.8 Å². The van der Waals surface area contributed by atoms with Crippen molar-refractivity contribution < 1.29 is 0 Å². The van der Waals surface area contributed by atoms with Crippen LogP contribution in [0.1, 0.15) is 17.0 Å². The maximum atomic E-state index is 12.0. The fourth-order valence-electron chi connectivity index (χ4n) is 3.80. The van der Waals surface area contributed by atoms with Gasteiger partial charge in [-0.2, -0.15) is 14.6 Å². The van der Waals surface area contributed by atoms with Crippen LogP contribution < -0.4 is 15.4 Å². The van der Waals surface area contributed by atoms with Gasteiger partial charge in [0.2, 0.25) is 0 Å². The van der Waals surface area contributed by atoms with Crippen molar-refractivity contribution in [2.75, 3.05) is 36.0 Å². The van der Waals surface area contributed by atoms with Crippen LogP contribution in [-0.4, -0.2) is 60.7 Å². The van der Waals surface area contributed by atoms with Crippen molar-refractivity contribution in [2.24, 2.45) is 0 Å². The minimum absolute atomic E-state index is 0.115. The van der Waals surface area contributed by atoms with Gasteiger partial charge in [0.05, 0.1) is 0 Å². The Morgan fingerprint density at radius 3 is 2.45 bits per heavy atom. The van der Waals surface area contributed by atoms with Crippen LogP contribution in [0.25, 0.3) is 17.2 Å². The Balaban J connectivity index is 1.32. The van der Waals surface area contributed by atoms with Crippen LogP contribution in [0.4, 0.5) is 11.6 Å². The molecule has 1 saturated heterocycles. The van der Waals surface area contributed by atoms with Gasteiger partial charge in [-0.3, -0.25) is 4.79 Å². The number of fused-ring (bicyclic) bond motifs is 1. The molecule has 1 aliphatic heterocycles. The van der Waals surface area contributed by atoms with Crippen LogP contribution >= 0.6 is 0 Å². The van der Waals surface area contributed by atoms with Gasteiger partial charge in [-0.05, 0) is 32.9 Å². The van der Waals surface area contributed by atoms with Crippen molar-refractivity contribution in [1.29, 1.82) is 0 Å². The smallest absolute Gasteiger partial charge is 0.254 e. The lowest BCUT2D eigenvalue weighted by Gasteiger charge is -2.36. The number of nitrogens with one attached hydrogen (secondary N) is 1. The van der Waals surface area contributed by atoms with E-state index in [0.29, 0.717) is 17.2 Å². The van der Waals surface area contributed by atoms with Crippen molar-refractivity contribution in [3.05, 3.63) is 58.0 Å². The highest BCUT2D eigenvalue weighted by molar-refractivity contribution is 5.57. The Labute approximate surface area is 178 Å². The largest absolute Gasteiger partial charge is 0.353 e. The predicted molar refractivity (Wildman–Crippen MR) is 118 cm³/mol. The quantitative estimate of drug-likeness (QED) is 0.535. The highest BCUT2D eigenvalue weighted by Crippen LogP contribution is 2.22. The number of piperazine rings is 1. The van der Waals surface area contributed by atoms with Crippen molar-refractivity contribution in [1.82, 2.24) is 34.5 Å². The van der Waals surface area contributed by atoms with Crippen LogP contribution in [0.5, 0.6) is 0 Å². The molecule has 1 N–H and O–H groups in total. The minimum Gasteiger partial charge on any atom is -0.353 e. The topological polar surface area (TPSA) is 108 Å². The van der Waals surface area contributed by atoms with Gasteiger partial charge in [-0.15, -0.1) is 0 Å². The Morgan fingerprint density at radius 2 is 1.74 bits per heavy atom. The second-order valence-corrected chi connectivity index (χ2v) is 7.73. The van der Waals surface area contributed by atoms with Crippen molar-refractivity contribution in [3.63, 3.8) is 0 Å². The molecular weight excluding hydrogens is 394 g/mol. The first kappa shape index (κ1) is 19.2. The molecule has 4 aromatic heterocycles. The number of aryl methyl sites for hydroxylation is 2. The molecule has 1 fully saturated rings. The Hall–Kier alpha value is -3.82. The average Bonchev–Trinajstić information content (AvgIpc) is 3.25. The molecule has 10 heteroatoms. The Bertz CT molecular complexity index is 1300. The van der Waals surface area contributed by atoms with E-state index in [1.54, 1.807) is 17.6 Å². The number of H-pyrrole nitrogens is 1. The van der Waals surface area contributed by atoms with E-state index in [1.807, 2.05) is 32.0 Å². The first-order valence-corrected chi connectivity index (χ1v) is 10.2. The van der Waals surface area contributed by atoms with Crippen LogP contribution in [-0.2, 0) is 0 Å². The van der Waals surface area contributed by atoms with Crippen LogP contribution in [0.3, 0.4) is 0 Å². The average molecular weight is 417 g/mol. The standard InChI is InChI=1S/C21H23N9O/c1-13-10-18(30-21(25-13)23-12-24-30)29-8-6-28(7-9-29)17-5-4-16(11-22-17)19-26-15(3)14(2)20(31)27-19/h4-5,10-12H,6-9H2,1-3H3,(H,26,27,31). The molecule has 0 saturated carbocycles. The van der Waals surface area contributed by atoms with Gasteiger partial charge >= 0.3 is 0 Å². The van der Waals surface area contributed by atoms with E-state index < -0.39 is 0 Å². The molecule has 0 spiro atoms. The lowest BCUT2D eigenvalue weighted by molar-refractivity contribution is 0.633. The second-order valence-electron chi connectivity index (χ2n) is 7.73. The SMILES string of the molecule is Cc1cc(N2CCN(c3ccc(-c4nc(C)c(C)c(=O)[nH]4)cn3)CC2)n2ncnc2n1. The van der Waals surface area contributed by atoms with Crippen molar-refractivity contribution in [3.8, 4) is 11.4 Å². The molecule has 1 aliphatic rings. The molecular formula is C21H23N9O. The van der Waals surface area contributed by atoms with Crippen LogP contribution in [0, 0.1) is 20.8 Å². The first-order chi connectivity index (χ1) is 15.0.